The molecule has 3 heterocycles. The lowest BCUT2D eigenvalue weighted by Gasteiger charge is -2.19. The molecule has 0 bridgehead atoms. The third kappa shape index (κ3) is 4.67. The molecule has 0 saturated carbocycles. The molecule has 0 amide bonds. The lowest BCUT2D eigenvalue weighted by Crippen LogP contribution is -2.10. The first-order valence-corrected chi connectivity index (χ1v) is 18.3. The molecule has 254 valence electrons. The molecule has 0 unspecified atom stereocenters. The van der Waals surface area contributed by atoms with Gasteiger partial charge in [0, 0.05) is 49.4 Å². The lowest BCUT2D eigenvalue weighted by molar-refractivity contribution is 0.590. The van der Waals surface area contributed by atoms with Crippen LogP contribution in [0.3, 0.4) is 0 Å². The Hall–Kier alpha value is -6.58. The second-order valence-electron chi connectivity index (χ2n) is 15.2. The van der Waals surface area contributed by atoms with Crippen molar-refractivity contribution >= 4 is 77.6 Å². The normalized spacial score (nSPS) is 12.2. The van der Waals surface area contributed by atoms with E-state index in [1.165, 1.54) is 71.0 Å². The number of aromatic nitrogens is 3. The van der Waals surface area contributed by atoms with Crippen LogP contribution in [0.5, 0.6) is 0 Å². The topological polar surface area (TPSA) is 14.8 Å². The summed E-state index contributed by atoms with van der Waals surface area (Å²) in [6.07, 6.45) is 3.85. The molecule has 0 atom stereocenters. The number of hydrogen-bond donors (Lipinski definition) is 0. The van der Waals surface area contributed by atoms with Crippen molar-refractivity contribution in [2.45, 2.75) is 26.2 Å². The van der Waals surface area contributed by atoms with Crippen LogP contribution >= 0.6 is 0 Å². The van der Waals surface area contributed by atoms with Gasteiger partial charge in [-0.2, -0.15) is 0 Å². The maximum atomic E-state index is 4.04. The number of rotatable bonds is 5. The van der Waals surface area contributed by atoms with Crippen LogP contribution in [0.2, 0.25) is 0 Å². The van der Waals surface area contributed by atoms with Gasteiger partial charge in [0.15, 0.2) is 0 Å². The minimum Gasteiger partial charge on any atom is -0.309 e. The average molecular weight is 682 g/mol. The van der Waals surface area contributed by atoms with E-state index in [9.17, 15) is 0 Å². The van der Waals surface area contributed by atoms with E-state index in [0.717, 1.165) is 28.2 Å². The standard InChI is InChI=1S/C50H39N3/c1-6-32-16-24-46-40(28-32)38-12-8-10-14-44(38)52(46)36-22-26-48-42(30-36)43-31-37(23-27-49(43)51(48)35-20-18-34(19-21-35)50(3,4)5)53-45-15-11-9-13-39(45)41-29-33(7-2)17-25-47(41)53/h6-31H,1-2H2,3-5H3. The van der Waals surface area contributed by atoms with Gasteiger partial charge in [0.2, 0.25) is 0 Å². The van der Waals surface area contributed by atoms with E-state index in [0.29, 0.717) is 0 Å². The van der Waals surface area contributed by atoms with Crippen molar-refractivity contribution in [3.63, 3.8) is 0 Å². The minimum atomic E-state index is 0.0760. The highest BCUT2D eigenvalue weighted by Gasteiger charge is 2.20. The molecule has 3 nitrogen and oxygen atoms in total. The van der Waals surface area contributed by atoms with Crippen LogP contribution in [0.15, 0.2) is 159 Å². The summed E-state index contributed by atoms with van der Waals surface area (Å²) in [5, 5.41) is 7.35. The summed E-state index contributed by atoms with van der Waals surface area (Å²) in [4.78, 5) is 0. The molecular weight excluding hydrogens is 643 g/mol. The molecule has 10 rings (SSSR count). The Morgan fingerprint density at radius 3 is 1.17 bits per heavy atom. The number of nitrogens with zero attached hydrogens (tertiary/aromatic N) is 3. The Kier molecular flexibility index (Phi) is 6.74. The van der Waals surface area contributed by atoms with E-state index >= 15 is 0 Å². The Labute approximate surface area is 308 Å². The number of fused-ring (bicyclic) bond motifs is 9. The maximum absolute atomic E-state index is 4.04. The van der Waals surface area contributed by atoms with Crippen molar-refractivity contribution in [3.05, 3.63) is 175 Å². The smallest absolute Gasteiger partial charge is 0.0542 e. The molecule has 0 saturated heterocycles. The highest BCUT2D eigenvalue weighted by Crippen LogP contribution is 2.40. The van der Waals surface area contributed by atoms with Gasteiger partial charge >= 0.3 is 0 Å². The fraction of sp³-hybridized carbons (Fsp3) is 0.0800. The highest BCUT2D eigenvalue weighted by molar-refractivity contribution is 6.14. The second kappa shape index (κ2) is 11.5. The van der Waals surface area contributed by atoms with E-state index in [4.69, 9.17) is 0 Å². The van der Waals surface area contributed by atoms with E-state index in [1.807, 2.05) is 12.2 Å². The fourth-order valence-corrected chi connectivity index (χ4v) is 8.46. The first-order valence-electron chi connectivity index (χ1n) is 18.3. The Morgan fingerprint density at radius 2 is 0.736 bits per heavy atom. The fourth-order valence-electron chi connectivity index (χ4n) is 8.46. The zero-order valence-electron chi connectivity index (χ0n) is 30.3. The molecule has 0 aliphatic carbocycles. The molecule has 0 aliphatic heterocycles. The third-order valence-corrected chi connectivity index (χ3v) is 11.1. The second-order valence-corrected chi connectivity index (χ2v) is 15.2. The van der Waals surface area contributed by atoms with Gasteiger partial charge < -0.3 is 13.7 Å². The van der Waals surface area contributed by atoms with Crippen molar-refractivity contribution in [3.8, 4) is 17.1 Å². The quantitative estimate of drug-likeness (QED) is 0.172. The zero-order chi connectivity index (χ0) is 36.0. The number of para-hydroxylation sites is 2. The van der Waals surface area contributed by atoms with Crippen LogP contribution < -0.4 is 0 Å². The van der Waals surface area contributed by atoms with E-state index in [-0.39, 0.29) is 5.41 Å². The van der Waals surface area contributed by atoms with Crippen LogP contribution in [0.25, 0.3) is 94.6 Å². The first-order chi connectivity index (χ1) is 25.8. The van der Waals surface area contributed by atoms with Crippen LogP contribution in [-0.2, 0) is 5.41 Å². The molecular formula is C50H39N3. The number of hydrogen-bond acceptors (Lipinski definition) is 0. The van der Waals surface area contributed by atoms with Crippen LogP contribution in [0, 0.1) is 0 Å². The van der Waals surface area contributed by atoms with Gasteiger partial charge in [-0.15, -0.1) is 0 Å². The summed E-state index contributed by atoms with van der Waals surface area (Å²) in [6, 6.07) is 53.7. The average Bonchev–Trinajstić information content (AvgIpc) is 3.82. The summed E-state index contributed by atoms with van der Waals surface area (Å²) in [5.74, 6) is 0. The molecule has 3 heteroatoms. The Bertz CT molecular complexity index is 2930. The van der Waals surface area contributed by atoms with Gasteiger partial charge in [-0.25, -0.2) is 0 Å². The molecule has 0 radical (unpaired) electrons. The molecule has 0 fully saturated rings. The maximum Gasteiger partial charge on any atom is 0.0542 e. The SMILES string of the molecule is C=Cc1ccc2c(c1)c1ccccc1n2-c1ccc2c(c1)c1cc(-n3c4ccccc4c4cc(C=C)ccc43)ccc1n2-c1ccc(C(C)(C)C)cc1. The number of benzene rings is 7. The molecule has 7 aromatic carbocycles. The van der Waals surface area contributed by atoms with Crippen molar-refractivity contribution in [1.29, 1.82) is 0 Å². The van der Waals surface area contributed by atoms with Gasteiger partial charge in [-0.3, -0.25) is 0 Å². The summed E-state index contributed by atoms with van der Waals surface area (Å²) in [6.45, 7) is 14.9. The third-order valence-electron chi connectivity index (χ3n) is 11.1. The Morgan fingerprint density at radius 1 is 0.377 bits per heavy atom. The van der Waals surface area contributed by atoms with Crippen LogP contribution in [-0.4, -0.2) is 13.7 Å². The van der Waals surface area contributed by atoms with E-state index < -0.39 is 0 Å². The minimum absolute atomic E-state index is 0.0760. The molecule has 3 aromatic heterocycles. The van der Waals surface area contributed by atoms with Crippen LogP contribution in [0.4, 0.5) is 0 Å². The van der Waals surface area contributed by atoms with Crippen LogP contribution in [0.1, 0.15) is 37.5 Å². The van der Waals surface area contributed by atoms with Crippen molar-refractivity contribution < 1.29 is 0 Å². The van der Waals surface area contributed by atoms with E-state index in [1.54, 1.807) is 0 Å². The highest BCUT2D eigenvalue weighted by atomic mass is 15.0. The predicted octanol–water partition coefficient (Wildman–Crippen LogP) is 13.6. The molecule has 10 aromatic rings. The van der Waals surface area contributed by atoms with Crippen molar-refractivity contribution in [2.75, 3.05) is 0 Å². The largest absolute Gasteiger partial charge is 0.309 e. The summed E-state index contributed by atoms with van der Waals surface area (Å²) >= 11 is 0. The zero-order valence-corrected chi connectivity index (χ0v) is 30.3. The lowest BCUT2D eigenvalue weighted by atomic mass is 9.87. The van der Waals surface area contributed by atoms with Gasteiger partial charge in [0.25, 0.3) is 0 Å². The van der Waals surface area contributed by atoms with E-state index in [2.05, 4.69) is 193 Å². The molecule has 0 spiro atoms. The molecule has 0 aliphatic rings. The summed E-state index contributed by atoms with van der Waals surface area (Å²) < 4.78 is 7.24. The first kappa shape index (κ1) is 31.2. The van der Waals surface area contributed by atoms with Crippen molar-refractivity contribution in [1.82, 2.24) is 13.7 Å². The van der Waals surface area contributed by atoms with Gasteiger partial charge in [-0.1, -0.05) is 107 Å². The van der Waals surface area contributed by atoms with Gasteiger partial charge in [0.05, 0.1) is 33.1 Å². The summed E-state index contributed by atoms with van der Waals surface area (Å²) in [5.41, 5.74) is 14.2. The predicted molar refractivity (Wildman–Crippen MR) is 228 cm³/mol. The monoisotopic (exact) mass is 681 g/mol. The molecule has 0 N–H and O–H groups in total. The summed E-state index contributed by atoms with van der Waals surface area (Å²) in [7, 11) is 0. The van der Waals surface area contributed by atoms with Gasteiger partial charge in [-0.05, 0) is 107 Å². The Balaban J connectivity index is 1.27. The molecule has 53 heavy (non-hydrogen) atoms. The van der Waals surface area contributed by atoms with Crippen molar-refractivity contribution in [2.24, 2.45) is 0 Å². The van der Waals surface area contributed by atoms with Gasteiger partial charge in [0.1, 0.15) is 0 Å².